The molecule has 3 unspecified atom stereocenters. The number of nitrogens with one attached hydrogen (secondary N) is 5. The van der Waals surface area contributed by atoms with Gasteiger partial charge in [0.15, 0.2) is 0 Å². The third-order valence-corrected chi connectivity index (χ3v) is 11.1. The highest BCUT2D eigenvalue weighted by Crippen LogP contribution is 2.40. The number of rotatable bonds is 19. The first-order valence-corrected chi connectivity index (χ1v) is 18.8. The van der Waals surface area contributed by atoms with E-state index in [-0.39, 0.29) is 35.0 Å². The maximum atomic E-state index is 12.1. The number of urea groups is 1. The van der Waals surface area contributed by atoms with Gasteiger partial charge < -0.3 is 30.2 Å². The van der Waals surface area contributed by atoms with E-state index in [9.17, 15) is 9.59 Å². The molecule has 0 aromatic heterocycles. The number of nitrogens with zero attached hydrogens (tertiary/aromatic N) is 1. The van der Waals surface area contributed by atoms with Crippen LogP contribution in [0.25, 0.3) is 0 Å². The molecule has 4 aliphatic rings. The molecule has 4 atom stereocenters. The molecule has 0 aromatic rings. The lowest BCUT2D eigenvalue weighted by Crippen LogP contribution is -2.53. The molecule has 1 aliphatic carbocycles. The molecule has 3 saturated heterocycles. The van der Waals surface area contributed by atoms with E-state index in [2.05, 4.69) is 52.7 Å². The van der Waals surface area contributed by atoms with Crippen LogP contribution in [-0.2, 0) is 19.0 Å². The predicted octanol–water partition coefficient (Wildman–Crippen LogP) is 3.74. The van der Waals surface area contributed by atoms with Gasteiger partial charge in [0.2, 0.25) is 5.91 Å². The first-order valence-electron chi connectivity index (χ1n) is 17.7. The van der Waals surface area contributed by atoms with E-state index >= 15 is 0 Å². The van der Waals surface area contributed by atoms with Crippen molar-refractivity contribution < 1.29 is 23.8 Å². The number of hydrazine groups is 2. The molecule has 1 saturated carbocycles. The third-order valence-electron chi connectivity index (χ3n) is 9.57. The van der Waals surface area contributed by atoms with Crippen LogP contribution in [-0.4, -0.2) is 105 Å². The summed E-state index contributed by atoms with van der Waals surface area (Å²) in [4.78, 5) is 23.6. The zero-order valence-electron chi connectivity index (χ0n) is 28.3. The molecule has 4 rings (SSSR count). The minimum absolute atomic E-state index is 0.0472. The molecule has 12 heteroatoms. The van der Waals surface area contributed by atoms with Gasteiger partial charge >= 0.3 is 6.03 Å². The average Bonchev–Trinajstić information content (AvgIpc) is 3.65. The van der Waals surface area contributed by atoms with Gasteiger partial charge in [-0.2, -0.15) is 17.3 Å². The lowest BCUT2D eigenvalue weighted by Gasteiger charge is -2.42. The van der Waals surface area contributed by atoms with E-state index in [0.717, 1.165) is 38.1 Å². The predicted molar refractivity (Wildman–Crippen MR) is 180 cm³/mol. The lowest BCUT2D eigenvalue weighted by atomic mass is 9.69. The van der Waals surface area contributed by atoms with Crippen LogP contribution in [0.2, 0.25) is 0 Å². The van der Waals surface area contributed by atoms with Gasteiger partial charge in [0.05, 0.1) is 57.3 Å². The highest BCUT2D eigenvalue weighted by molar-refractivity contribution is 8.00. The van der Waals surface area contributed by atoms with Crippen molar-refractivity contribution in [1.82, 2.24) is 31.9 Å². The molecule has 11 nitrogen and oxygen atoms in total. The van der Waals surface area contributed by atoms with Gasteiger partial charge in [-0.1, -0.05) is 59.3 Å². The van der Waals surface area contributed by atoms with Crippen molar-refractivity contribution in [2.45, 2.75) is 121 Å². The maximum absolute atomic E-state index is 12.1. The number of ether oxygens (including phenoxy) is 3. The minimum atomic E-state index is -0.0472. The minimum Gasteiger partial charge on any atom is -0.378 e. The van der Waals surface area contributed by atoms with Gasteiger partial charge in [-0.15, -0.1) is 0 Å². The summed E-state index contributed by atoms with van der Waals surface area (Å²) < 4.78 is 17.1. The van der Waals surface area contributed by atoms with Crippen molar-refractivity contribution >= 4 is 23.7 Å². The van der Waals surface area contributed by atoms with Crippen LogP contribution in [0.3, 0.4) is 0 Å². The Kier molecular flexibility index (Phi) is 15.5. The molecular formula is C33H62N6O5S. The van der Waals surface area contributed by atoms with Crippen LogP contribution in [0.4, 0.5) is 4.79 Å². The Balaban J connectivity index is 0.943. The number of hydrogen-bond acceptors (Lipinski definition) is 9. The topological polar surface area (TPSA) is 125 Å². The van der Waals surface area contributed by atoms with Crippen LogP contribution in [0, 0.1) is 11.3 Å². The molecule has 0 radical (unpaired) electrons. The second-order valence-electron chi connectivity index (χ2n) is 14.6. The quantitative estimate of drug-likeness (QED) is 0.105. The van der Waals surface area contributed by atoms with E-state index in [1.807, 2.05) is 11.8 Å². The number of carbonyl (C=O) groups is 2. The number of thioether (sulfide) groups is 1. The van der Waals surface area contributed by atoms with E-state index in [0.29, 0.717) is 63.8 Å². The number of carbonyl (C=O) groups excluding carboxylic acids is 2. The van der Waals surface area contributed by atoms with Crippen LogP contribution < -0.4 is 26.9 Å². The smallest absolute Gasteiger partial charge is 0.315 e. The molecule has 4 fully saturated rings. The Morgan fingerprint density at radius 1 is 0.956 bits per heavy atom. The Hall–Kier alpha value is -1.15. The SMILES string of the molecule is CC(C)(C)CC1(C2CCCCCCC2)CN(CCOCCOCCOCCNC(=O)CCCC[C@@H]2SCC3NC(=O)NC32)NN1. The molecule has 5 N–H and O–H groups in total. The van der Waals surface area contributed by atoms with Crippen molar-refractivity contribution in [3.8, 4) is 0 Å². The van der Waals surface area contributed by atoms with E-state index in [4.69, 9.17) is 14.2 Å². The van der Waals surface area contributed by atoms with Gasteiger partial charge in [0.25, 0.3) is 0 Å². The van der Waals surface area contributed by atoms with Crippen LogP contribution >= 0.6 is 11.8 Å². The van der Waals surface area contributed by atoms with Gasteiger partial charge in [-0.05, 0) is 43.4 Å². The fraction of sp³-hybridized carbons (Fsp3) is 0.939. The summed E-state index contributed by atoms with van der Waals surface area (Å²) in [6.07, 6.45) is 14.1. The summed E-state index contributed by atoms with van der Waals surface area (Å²) in [5, 5.41) is 11.7. The zero-order chi connectivity index (χ0) is 32.0. The van der Waals surface area contributed by atoms with E-state index < -0.39 is 0 Å². The van der Waals surface area contributed by atoms with Crippen LogP contribution in [0.1, 0.15) is 97.8 Å². The molecule has 45 heavy (non-hydrogen) atoms. The first kappa shape index (κ1) is 36.7. The van der Waals surface area contributed by atoms with Crippen molar-refractivity contribution in [1.29, 1.82) is 0 Å². The molecular weight excluding hydrogens is 592 g/mol. The van der Waals surface area contributed by atoms with Gasteiger partial charge in [0, 0.05) is 37.1 Å². The van der Waals surface area contributed by atoms with E-state index in [1.54, 1.807) is 0 Å². The lowest BCUT2D eigenvalue weighted by molar-refractivity contribution is -0.121. The Labute approximate surface area is 276 Å². The highest BCUT2D eigenvalue weighted by atomic mass is 32.2. The summed E-state index contributed by atoms with van der Waals surface area (Å²) in [6, 6.07) is 0.448. The van der Waals surface area contributed by atoms with Gasteiger partial charge in [-0.3, -0.25) is 4.79 Å². The molecule has 0 bridgehead atoms. The van der Waals surface area contributed by atoms with Crippen molar-refractivity contribution in [3.63, 3.8) is 0 Å². The number of fused-ring (bicyclic) bond motifs is 1. The zero-order valence-corrected chi connectivity index (χ0v) is 29.1. The summed E-state index contributed by atoms with van der Waals surface area (Å²) >= 11 is 1.92. The van der Waals surface area contributed by atoms with Gasteiger partial charge in [0.1, 0.15) is 0 Å². The highest BCUT2D eigenvalue weighted by Gasteiger charge is 2.46. The molecule has 0 aromatic carbocycles. The fourth-order valence-corrected chi connectivity index (χ4v) is 9.06. The Morgan fingerprint density at radius 3 is 2.38 bits per heavy atom. The number of hydrogen-bond donors (Lipinski definition) is 5. The molecule has 3 amide bonds. The van der Waals surface area contributed by atoms with Crippen LogP contribution in [0.5, 0.6) is 0 Å². The summed E-state index contributed by atoms with van der Waals surface area (Å²) in [7, 11) is 0. The second-order valence-corrected chi connectivity index (χ2v) is 15.9. The third kappa shape index (κ3) is 12.8. The second kappa shape index (κ2) is 19.0. The summed E-state index contributed by atoms with van der Waals surface area (Å²) in [5.41, 5.74) is 7.65. The van der Waals surface area contributed by atoms with E-state index in [1.165, 1.54) is 51.4 Å². The Bertz CT molecular complexity index is 886. The van der Waals surface area contributed by atoms with Crippen molar-refractivity contribution in [2.75, 3.05) is 65.0 Å². The number of unbranched alkanes of at least 4 members (excludes halogenated alkanes) is 1. The monoisotopic (exact) mass is 654 g/mol. The maximum Gasteiger partial charge on any atom is 0.315 e. The molecule has 3 aliphatic heterocycles. The first-order chi connectivity index (χ1) is 21.7. The summed E-state index contributed by atoms with van der Waals surface area (Å²) in [6.45, 7) is 12.7. The normalized spacial score (nSPS) is 28.0. The standard InChI is InChI=1S/C33H62N6O5S/c1-32(2,3)24-33(26-11-7-5-4-6-8-12-26)25-39(38-37-33)16-18-43-20-22-44-21-19-42-17-15-34-29(40)14-10-9-13-28-30-27(23-45-28)35-31(41)36-30/h26-28,30,37-38H,4-25H2,1-3H3,(H,34,40)(H2,35,36,41)/t27?,28-,30?,33?/m0/s1. The van der Waals surface area contributed by atoms with Crippen molar-refractivity contribution in [2.24, 2.45) is 11.3 Å². The molecule has 3 heterocycles. The summed E-state index contributed by atoms with van der Waals surface area (Å²) in [5.74, 6) is 1.75. The fourth-order valence-electron chi connectivity index (χ4n) is 7.52. The number of amides is 3. The van der Waals surface area contributed by atoms with Crippen molar-refractivity contribution in [3.05, 3.63) is 0 Å². The van der Waals surface area contributed by atoms with Gasteiger partial charge in [-0.25, -0.2) is 15.2 Å². The largest absolute Gasteiger partial charge is 0.378 e. The Morgan fingerprint density at radius 2 is 1.64 bits per heavy atom. The molecule has 0 spiro atoms. The molecule has 260 valence electrons. The average molecular weight is 655 g/mol. The van der Waals surface area contributed by atoms with Crippen LogP contribution in [0.15, 0.2) is 0 Å².